The number of H-pyrrole nitrogens is 1. The lowest BCUT2D eigenvalue weighted by Crippen LogP contribution is -2.12. The molecule has 1 amide bonds. The third kappa shape index (κ3) is 4.81. The summed E-state index contributed by atoms with van der Waals surface area (Å²) >= 11 is 0. The lowest BCUT2D eigenvalue weighted by Gasteiger charge is -2.10. The zero-order valence-electron chi connectivity index (χ0n) is 17.6. The van der Waals surface area contributed by atoms with E-state index in [9.17, 15) is 9.59 Å². The second-order valence-corrected chi connectivity index (χ2v) is 7.19. The van der Waals surface area contributed by atoms with Crippen LogP contribution in [0.15, 0.2) is 67.1 Å². The average Bonchev–Trinajstić information content (AvgIpc) is 3.26. The molecule has 32 heavy (non-hydrogen) atoms. The Kier molecular flexibility index (Phi) is 6.52. The number of amides is 1. The molecule has 0 bridgehead atoms. The fourth-order valence-corrected chi connectivity index (χ4v) is 3.36. The van der Waals surface area contributed by atoms with E-state index in [0.717, 1.165) is 5.69 Å². The average molecular weight is 429 g/mol. The molecule has 0 aliphatic rings. The van der Waals surface area contributed by atoms with Crippen molar-refractivity contribution in [3.8, 4) is 0 Å². The number of rotatable bonds is 9. The largest absolute Gasteiger partial charge is 0.385 e. The molecule has 3 N–H and O–H groups in total. The fourth-order valence-electron chi connectivity index (χ4n) is 3.36. The van der Waals surface area contributed by atoms with E-state index in [4.69, 9.17) is 4.74 Å². The molecule has 0 unspecified atom stereocenters. The van der Waals surface area contributed by atoms with Gasteiger partial charge in [-0.05, 0) is 30.7 Å². The van der Waals surface area contributed by atoms with E-state index < -0.39 is 0 Å². The van der Waals surface area contributed by atoms with Crippen LogP contribution in [-0.4, -0.2) is 40.4 Å². The van der Waals surface area contributed by atoms with Crippen LogP contribution in [0.25, 0.3) is 11.0 Å². The van der Waals surface area contributed by atoms with Crippen molar-refractivity contribution in [3.05, 3.63) is 78.2 Å². The summed E-state index contributed by atoms with van der Waals surface area (Å²) in [5.41, 5.74) is 3.12. The van der Waals surface area contributed by atoms with Crippen LogP contribution in [0.4, 0.5) is 17.2 Å². The quantitative estimate of drug-likeness (QED) is 0.270. The molecule has 0 fully saturated rings. The number of ketones is 1. The van der Waals surface area contributed by atoms with E-state index in [1.807, 2.05) is 42.5 Å². The molecule has 2 aromatic heterocycles. The van der Waals surface area contributed by atoms with Crippen LogP contribution in [-0.2, 0) is 9.53 Å². The molecule has 8 heteroatoms. The second kappa shape index (κ2) is 9.84. The van der Waals surface area contributed by atoms with Crippen molar-refractivity contribution in [3.63, 3.8) is 0 Å². The Labute approximate surface area is 185 Å². The Bertz CT molecular complexity index is 1220. The Morgan fingerprint density at radius 2 is 1.75 bits per heavy atom. The van der Waals surface area contributed by atoms with Gasteiger partial charge < -0.3 is 20.4 Å². The number of carbonyl (C=O) groups excluding carboxylic acids is 2. The van der Waals surface area contributed by atoms with E-state index in [0.29, 0.717) is 53.1 Å². The topological polar surface area (TPSA) is 109 Å². The van der Waals surface area contributed by atoms with Crippen molar-refractivity contribution < 1.29 is 14.3 Å². The molecular formula is C24H23N5O3. The van der Waals surface area contributed by atoms with Crippen LogP contribution in [0.5, 0.6) is 0 Å². The van der Waals surface area contributed by atoms with Crippen LogP contribution in [0.3, 0.4) is 0 Å². The number of benzene rings is 2. The Morgan fingerprint density at radius 1 is 1.00 bits per heavy atom. The number of ether oxygens (including phenoxy) is 1. The molecule has 162 valence electrons. The first kappa shape index (κ1) is 21.2. The van der Waals surface area contributed by atoms with E-state index in [-0.39, 0.29) is 11.7 Å². The normalized spacial score (nSPS) is 10.8. The molecule has 0 aliphatic heterocycles. The van der Waals surface area contributed by atoms with Gasteiger partial charge in [-0.15, -0.1) is 0 Å². The van der Waals surface area contributed by atoms with Crippen molar-refractivity contribution >= 4 is 39.9 Å². The number of aromatic nitrogens is 3. The van der Waals surface area contributed by atoms with Gasteiger partial charge in [0.15, 0.2) is 5.78 Å². The highest BCUT2D eigenvalue weighted by Gasteiger charge is 2.18. The molecule has 0 radical (unpaired) electrons. The Hall–Kier alpha value is -4.04. The summed E-state index contributed by atoms with van der Waals surface area (Å²) in [5, 5.41) is 6.73. The Balaban J connectivity index is 1.53. The van der Waals surface area contributed by atoms with Gasteiger partial charge in [0.05, 0.1) is 10.9 Å². The summed E-state index contributed by atoms with van der Waals surface area (Å²) < 4.78 is 4.97. The predicted molar refractivity (Wildman–Crippen MR) is 123 cm³/mol. The number of nitrogens with one attached hydrogen (secondary N) is 3. The maximum Gasteiger partial charge on any atom is 0.224 e. The molecule has 8 nitrogen and oxygen atoms in total. The summed E-state index contributed by atoms with van der Waals surface area (Å²) in [6.07, 6.45) is 4.17. The number of aromatic amines is 1. The summed E-state index contributed by atoms with van der Waals surface area (Å²) in [5.74, 6) is 0.352. The first-order valence-electron chi connectivity index (χ1n) is 10.2. The van der Waals surface area contributed by atoms with Gasteiger partial charge in [-0.1, -0.05) is 30.3 Å². The van der Waals surface area contributed by atoms with Gasteiger partial charge in [-0.3, -0.25) is 9.59 Å². The third-order valence-corrected chi connectivity index (χ3v) is 4.93. The van der Waals surface area contributed by atoms with Gasteiger partial charge >= 0.3 is 0 Å². The first-order chi connectivity index (χ1) is 15.7. The maximum absolute atomic E-state index is 13.0. The van der Waals surface area contributed by atoms with Crippen LogP contribution in [0.1, 0.15) is 28.8 Å². The predicted octanol–water partition coefficient (Wildman–Crippen LogP) is 4.30. The standard InChI is InChI=1S/C24H23N5O3/c1-32-13-5-8-20(30)28-17-9-11-18(12-10-17)29-24-21-19(14-25-23(21)26-15-27-24)22(31)16-6-3-2-4-7-16/h2-4,6-7,9-12,14-15H,5,8,13H2,1H3,(H,28,30)(H2,25,26,27,29). The number of nitrogens with zero attached hydrogens (tertiary/aromatic N) is 2. The zero-order valence-corrected chi connectivity index (χ0v) is 17.6. The minimum absolute atomic E-state index is 0.0587. The van der Waals surface area contributed by atoms with Crippen LogP contribution in [0, 0.1) is 0 Å². The van der Waals surface area contributed by atoms with E-state index in [1.165, 1.54) is 6.33 Å². The van der Waals surface area contributed by atoms with Gasteiger partial charge in [-0.25, -0.2) is 9.97 Å². The minimum atomic E-state index is -0.110. The lowest BCUT2D eigenvalue weighted by atomic mass is 10.0. The molecule has 0 saturated heterocycles. The van der Waals surface area contributed by atoms with Crippen molar-refractivity contribution in [2.75, 3.05) is 24.4 Å². The molecule has 2 heterocycles. The summed E-state index contributed by atoms with van der Waals surface area (Å²) in [6.45, 7) is 0.553. The number of fused-ring (bicyclic) bond motifs is 1. The number of hydrogen-bond donors (Lipinski definition) is 3. The summed E-state index contributed by atoms with van der Waals surface area (Å²) in [6, 6.07) is 16.4. The van der Waals surface area contributed by atoms with Crippen LogP contribution >= 0.6 is 0 Å². The van der Waals surface area contributed by atoms with Crippen LogP contribution in [0.2, 0.25) is 0 Å². The van der Waals surface area contributed by atoms with E-state index in [2.05, 4.69) is 25.6 Å². The fraction of sp³-hybridized carbons (Fsp3) is 0.167. The van der Waals surface area contributed by atoms with Gasteiger partial charge in [0.1, 0.15) is 17.8 Å². The minimum Gasteiger partial charge on any atom is -0.385 e. The van der Waals surface area contributed by atoms with Gasteiger partial charge in [0.2, 0.25) is 5.91 Å². The van der Waals surface area contributed by atoms with E-state index in [1.54, 1.807) is 25.4 Å². The van der Waals surface area contributed by atoms with Gasteiger partial charge in [0.25, 0.3) is 0 Å². The highest BCUT2D eigenvalue weighted by atomic mass is 16.5. The zero-order chi connectivity index (χ0) is 22.3. The molecule has 0 saturated carbocycles. The maximum atomic E-state index is 13.0. The van der Waals surface area contributed by atoms with Gasteiger partial charge in [-0.2, -0.15) is 0 Å². The first-order valence-corrected chi connectivity index (χ1v) is 10.2. The molecular weight excluding hydrogens is 406 g/mol. The highest BCUT2D eigenvalue weighted by Crippen LogP contribution is 2.28. The van der Waals surface area contributed by atoms with Gasteiger partial charge in [0, 0.05) is 43.3 Å². The molecule has 0 spiro atoms. The smallest absolute Gasteiger partial charge is 0.224 e. The molecule has 0 atom stereocenters. The number of carbonyl (C=O) groups is 2. The van der Waals surface area contributed by atoms with E-state index >= 15 is 0 Å². The summed E-state index contributed by atoms with van der Waals surface area (Å²) in [4.78, 5) is 36.6. The molecule has 0 aliphatic carbocycles. The molecule has 4 aromatic rings. The van der Waals surface area contributed by atoms with Crippen molar-refractivity contribution in [2.45, 2.75) is 12.8 Å². The Morgan fingerprint density at radius 3 is 2.50 bits per heavy atom. The SMILES string of the molecule is COCCCC(=O)Nc1ccc(Nc2ncnc3[nH]cc(C(=O)c4ccccc4)c23)cc1. The number of methoxy groups -OCH3 is 1. The summed E-state index contributed by atoms with van der Waals surface area (Å²) in [7, 11) is 1.61. The molecule has 2 aromatic carbocycles. The van der Waals surface area contributed by atoms with Crippen molar-refractivity contribution in [2.24, 2.45) is 0 Å². The lowest BCUT2D eigenvalue weighted by molar-refractivity contribution is -0.116. The van der Waals surface area contributed by atoms with Crippen LogP contribution < -0.4 is 10.6 Å². The highest BCUT2D eigenvalue weighted by molar-refractivity contribution is 6.18. The third-order valence-electron chi connectivity index (χ3n) is 4.93. The second-order valence-electron chi connectivity index (χ2n) is 7.19. The van der Waals surface area contributed by atoms with Crippen molar-refractivity contribution in [1.29, 1.82) is 0 Å². The number of anilines is 3. The molecule has 4 rings (SSSR count). The number of hydrogen-bond acceptors (Lipinski definition) is 6. The van der Waals surface area contributed by atoms with Crippen molar-refractivity contribution in [1.82, 2.24) is 15.0 Å². The monoisotopic (exact) mass is 429 g/mol.